The molecule has 0 fully saturated rings. The number of hydrogen-bond donors (Lipinski definition) is 1. The maximum atomic E-state index is 13.4. The molecule has 5 rings (SSSR count). The lowest BCUT2D eigenvalue weighted by Gasteiger charge is -2.27. The van der Waals surface area contributed by atoms with E-state index < -0.39 is 0 Å². The standard InChI is InChI=1S/C21H18FN5/c22-17-3-4-18-15(10-24-20(18)8-17)12-27-7-5-19-16(13-27)11-25-21(26-19)14-2-1-6-23-9-14/h1-4,6,8-11,24H,5,7,12-13H2. The molecule has 0 unspecified atom stereocenters. The number of benzene rings is 1. The lowest BCUT2D eigenvalue weighted by Crippen LogP contribution is -2.30. The average Bonchev–Trinajstić information content (AvgIpc) is 3.10. The third kappa shape index (κ3) is 3.08. The number of nitrogens with zero attached hydrogens (tertiary/aromatic N) is 4. The molecule has 4 aromatic rings. The molecule has 4 heterocycles. The molecule has 5 nitrogen and oxygen atoms in total. The largest absolute Gasteiger partial charge is 0.361 e. The molecular formula is C21H18FN5. The Morgan fingerprint density at radius 2 is 2.15 bits per heavy atom. The zero-order valence-electron chi connectivity index (χ0n) is 14.7. The Bertz CT molecular complexity index is 1110. The Kier molecular flexibility index (Phi) is 3.90. The van der Waals surface area contributed by atoms with E-state index in [4.69, 9.17) is 4.98 Å². The third-order valence-corrected chi connectivity index (χ3v) is 5.06. The van der Waals surface area contributed by atoms with Crippen molar-refractivity contribution in [2.24, 2.45) is 0 Å². The molecule has 1 aromatic carbocycles. The van der Waals surface area contributed by atoms with Gasteiger partial charge < -0.3 is 4.98 Å². The summed E-state index contributed by atoms with van der Waals surface area (Å²) in [5, 5.41) is 1.07. The van der Waals surface area contributed by atoms with Gasteiger partial charge >= 0.3 is 0 Å². The molecule has 27 heavy (non-hydrogen) atoms. The van der Waals surface area contributed by atoms with Crippen LogP contribution in [0.15, 0.2) is 55.1 Å². The topological polar surface area (TPSA) is 57.7 Å². The van der Waals surface area contributed by atoms with Gasteiger partial charge in [-0.1, -0.05) is 0 Å². The Balaban J connectivity index is 1.36. The fourth-order valence-corrected chi connectivity index (χ4v) is 3.67. The Hall–Kier alpha value is -3.12. The molecule has 0 amide bonds. The fraction of sp³-hybridized carbons (Fsp3) is 0.190. The van der Waals surface area contributed by atoms with Gasteiger partial charge in [-0.2, -0.15) is 0 Å². The van der Waals surface area contributed by atoms with Gasteiger partial charge in [0.25, 0.3) is 0 Å². The van der Waals surface area contributed by atoms with E-state index in [-0.39, 0.29) is 5.82 Å². The number of hydrogen-bond acceptors (Lipinski definition) is 4. The minimum absolute atomic E-state index is 0.218. The first-order chi connectivity index (χ1) is 13.3. The van der Waals surface area contributed by atoms with Gasteiger partial charge in [-0.3, -0.25) is 9.88 Å². The summed E-state index contributed by atoms with van der Waals surface area (Å²) in [7, 11) is 0. The zero-order valence-corrected chi connectivity index (χ0v) is 14.7. The number of fused-ring (bicyclic) bond motifs is 2. The number of halogens is 1. The highest BCUT2D eigenvalue weighted by Crippen LogP contribution is 2.25. The van der Waals surface area contributed by atoms with Crippen LogP contribution in [0.25, 0.3) is 22.3 Å². The van der Waals surface area contributed by atoms with Crippen molar-refractivity contribution in [1.82, 2.24) is 24.8 Å². The quantitative estimate of drug-likeness (QED) is 0.606. The van der Waals surface area contributed by atoms with E-state index in [1.807, 2.05) is 30.6 Å². The van der Waals surface area contributed by atoms with Crippen molar-refractivity contribution in [2.45, 2.75) is 19.5 Å². The zero-order chi connectivity index (χ0) is 18.2. The molecule has 0 saturated heterocycles. The molecule has 0 saturated carbocycles. The lowest BCUT2D eigenvalue weighted by atomic mass is 10.1. The minimum Gasteiger partial charge on any atom is -0.361 e. The van der Waals surface area contributed by atoms with Crippen molar-refractivity contribution in [3.05, 3.63) is 77.8 Å². The van der Waals surface area contributed by atoms with Crippen molar-refractivity contribution in [2.75, 3.05) is 6.54 Å². The van der Waals surface area contributed by atoms with Gasteiger partial charge in [0.2, 0.25) is 0 Å². The van der Waals surface area contributed by atoms with Crippen molar-refractivity contribution in [3.63, 3.8) is 0 Å². The van der Waals surface area contributed by atoms with E-state index in [9.17, 15) is 4.39 Å². The predicted molar refractivity (Wildman–Crippen MR) is 101 cm³/mol. The molecule has 0 aliphatic carbocycles. The lowest BCUT2D eigenvalue weighted by molar-refractivity contribution is 0.244. The van der Waals surface area contributed by atoms with Gasteiger partial charge in [-0.05, 0) is 35.9 Å². The summed E-state index contributed by atoms with van der Waals surface area (Å²) in [6.45, 7) is 2.57. The Morgan fingerprint density at radius 1 is 1.19 bits per heavy atom. The summed E-state index contributed by atoms with van der Waals surface area (Å²) in [5.41, 5.74) is 5.24. The normalized spacial score (nSPS) is 14.4. The molecule has 6 heteroatoms. The van der Waals surface area contributed by atoms with E-state index in [0.717, 1.165) is 54.0 Å². The van der Waals surface area contributed by atoms with Crippen LogP contribution in [0.2, 0.25) is 0 Å². The van der Waals surface area contributed by atoms with Crippen LogP contribution in [0.3, 0.4) is 0 Å². The predicted octanol–water partition coefficient (Wildman–Crippen LogP) is 3.72. The molecule has 1 N–H and O–H groups in total. The smallest absolute Gasteiger partial charge is 0.160 e. The molecular weight excluding hydrogens is 341 g/mol. The van der Waals surface area contributed by atoms with Crippen LogP contribution < -0.4 is 0 Å². The van der Waals surface area contributed by atoms with E-state index in [1.165, 1.54) is 23.3 Å². The fourth-order valence-electron chi connectivity index (χ4n) is 3.67. The molecule has 1 aliphatic heterocycles. The highest BCUT2D eigenvalue weighted by atomic mass is 19.1. The van der Waals surface area contributed by atoms with Crippen LogP contribution in [-0.4, -0.2) is 31.4 Å². The van der Waals surface area contributed by atoms with Gasteiger partial charge in [0, 0.05) is 72.9 Å². The summed E-state index contributed by atoms with van der Waals surface area (Å²) in [6.07, 6.45) is 8.33. The van der Waals surface area contributed by atoms with Crippen LogP contribution in [0, 0.1) is 5.82 Å². The van der Waals surface area contributed by atoms with E-state index >= 15 is 0 Å². The molecule has 1 aliphatic rings. The van der Waals surface area contributed by atoms with E-state index in [2.05, 4.69) is 19.9 Å². The second kappa shape index (κ2) is 6.55. The SMILES string of the molecule is Fc1ccc2c(CN3CCc4nc(-c5cccnc5)ncc4C3)c[nH]c2c1. The Morgan fingerprint density at radius 3 is 3.04 bits per heavy atom. The maximum Gasteiger partial charge on any atom is 0.160 e. The number of pyridine rings is 1. The first kappa shape index (κ1) is 16.1. The monoisotopic (exact) mass is 359 g/mol. The summed E-state index contributed by atoms with van der Waals surface area (Å²) in [5.74, 6) is 0.512. The van der Waals surface area contributed by atoms with Crippen molar-refractivity contribution < 1.29 is 4.39 Å². The van der Waals surface area contributed by atoms with Crippen LogP contribution in [0.1, 0.15) is 16.8 Å². The number of aromatic amines is 1. The van der Waals surface area contributed by atoms with Gasteiger partial charge in [-0.25, -0.2) is 14.4 Å². The summed E-state index contributed by atoms with van der Waals surface area (Å²) in [4.78, 5) is 19.0. The average molecular weight is 359 g/mol. The van der Waals surface area contributed by atoms with Crippen LogP contribution >= 0.6 is 0 Å². The van der Waals surface area contributed by atoms with Crippen molar-refractivity contribution in [3.8, 4) is 11.4 Å². The van der Waals surface area contributed by atoms with Gasteiger partial charge in [0.1, 0.15) is 5.82 Å². The van der Waals surface area contributed by atoms with Crippen LogP contribution in [0.5, 0.6) is 0 Å². The van der Waals surface area contributed by atoms with Gasteiger partial charge in [0.15, 0.2) is 5.82 Å². The number of H-pyrrole nitrogens is 1. The second-order valence-electron chi connectivity index (χ2n) is 6.87. The first-order valence-electron chi connectivity index (χ1n) is 8.99. The second-order valence-corrected chi connectivity index (χ2v) is 6.87. The molecule has 0 atom stereocenters. The van der Waals surface area contributed by atoms with Gasteiger partial charge in [0.05, 0.1) is 5.69 Å². The summed E-state index contributed by atoms with van der Waals surface area (Å²) in [6, 6.07) is 8.77. The summed E-state index contributed by atoms with van der Waals surface area (Å²) < 4.78 is 13.4. The van der Waals surface area contributed by atoms with Gasteiger partial charge in [-0.15, -0.1) is 0 Å². The first-order valence-corrected chi connectivity index (χ1v) is 8.99. The maximum absolute atomic E-state index is 13.4. The third-order valence-electron chi connectivity index (χ3n) is 5.06. The van der Waals surface area contributed by atoms with Crippen LogP contribution in [-0.2, 0) is 19.5 Å². The number of aromatic nitrogens is 4. The van der Waals surface area contributed by atoms with Crippen molar-refractivity contribution in [1.29, 1.82) is 0 Å². The van der Waals surface area contributed by atoms with E-state index in [1.54, 1.807) is 12.4 Å². The molecule has 0 radical (unpaired) electrons. The number of rotatable bonds is 3. The van der Waals surface area contributed by atoms with Crippen molar-refractivity contribution >= 4 is 10.9 Å². The molecule has 3 aromatic heterocycles. The van der Waals surface area contributed by atoms with E-state index in [0.29, 0.717) is 0 Å². The number of nitrogens with one attached hydrogen (secondary N) is 1. The summed E-state index contributed by atoms with van der Waals surface area (Å²) >= 11 is 0. The highest BCUT2D eigenvalue weighted by molar-refractivity contribution is 5.83. The highest BCUT2D eigenvalue weighted by Gasteiger charge is 2.20. The molecule has 0 spiro atoms. The molecule has 0 bridgehead atoms. The Labute approximate surface area is 155 Å². The molecule has 134 valence electrons. The van der Waals surface area contributed by atoms with Crippen LogP contribution in [0.4, 0.5) is 4.39 Å². The minimum atomic E-state index is -0.218.